The Morgan fingerprint density at radius 3 is 2.96 bits per heavy atom. The summed E-state index contributed by atoms with van der Waals surface area (Å²) in [5.74, 6) is 0.270. The molecule has 1 atom stereocenters. The zero-order valence-electron chi connectivity index (χ0n) is 15.9. The minimum absolute atomic E-state index is 0.0357. The predicted molar refractivity (Wildman–Crippen MR) is 102 cm³/mol. The summed E-state index contributed by atoms with van der Waals surface area (Å²) in [4.78, 5) is 26.5. The van der Waals surface area contributed by atoms with Crippen LogP contribution in [0.4, 0.5) is 5.69 Å². The second-order valence-electron chi connectivity index (χ2n) is 7.04. The molecule has 8 heteroatoms. The fourth-order valence-corrected chi connectivity index (χ4v) is 3.73. The average Bonchev–Trinajstić information content (AvgIpc) is 3.32. The lowest BCUT2D eigenvalue weighted by Gasteiger charge is -2.17. The molecule has 0 spiro atoms. The highest BCUT2D eigenvalue weighted by atomic mass is 16.5. The van der Waals surface area contributed by atoms with Crippen molar-refractivity contribution in [2.24, 2.45) is 5.92 Å². The van der Waals surface area contributed by atoms with Crippen molar-refractivity contribution in [2.45, 2.75) is 26.0 Å². The summed E-state index contributed by atoms with van der Waals surface area (Å²) in [6.07, 6.45) is 2.91. The van der Waals surface area contributed by atoms with Gasteiger partial charge < -0.3 is 19.7 Å². The van der Waals surface area contributed by atoms with Crippen LogP contribution in [0, 0.1) is 5.92 Å². The molecule has 1 aromatic carbocycles. The lowest BCUT2D eigenvalue weighted by atomic mass is 10.1. The van der Waals surface area contributed by atoms with Crippen LogP contribution in [0.2, 0.25) is 0 Å². The highest BCUT2D eigenvalue weighted by Gasteiger charge is 2.35. The molecule has 28 heavy (non-hydrogen) atoms. The zero-order valence-corrected chi connectivity index (χ0v) is 15.9. The van der Waals surface area contributed by atoms with Crippen LogP contribution in [0.25, 0.3) is 0 Å². The molecule has 8 nitrogen and oxygen atoms in total. The van der Waals surface area contributed by atoms with Crippen LogP contribution >= 0.6 is 0 Å². The number of anilines is 1. The highest BCUT2D eigenvalue weighted by Crippen LogP contribution is 2.27. The van der Waals surface area contributed by atoms with Gasteiger partial charge >= 0.3 is 0 Å². The van der Waals surface area contributed by atoms with Crippen LogP contribution < -0.4 is 15.0 Å². The summed E-state index contributed by atoms with van der Waals surface area (Å²) in [6, 6.07) is 7.29. The van der Waals surface area contributed by atoms with E-state index in [9.17, 15) is 9.59 Å². The summed E-state index contributed by atoms with van der Waals surface area (Å²) in [7, 11) is 1.60. The van der Waals surface area contributed by atoms with Crippen molar-refractivity contribution < 1.29 is 19.1 Å². The van der Waals surface area contributed by atoms with Crippen molar-refractivity contribution in [3.05, 3.63) is 41.7 Å². The lowest BCUT2D eigenvalue weighted by Crippen LogP contribution is -2.35. The van der Waals surface area contributed by atoms with Gasteiger partial charge in [0.15, 0.2) is 0 Å². The number of ether oxygens (including phenoxy) is 2. The molecule has 1 N–H and O–H groups in total. The summed E-state index contributed by atoms with van der Waals surface area (Å²) in [5, 5.41) is 7.33. The Bertz CT molecular complexity index is 862. The first-order valence-electron chi connectivity index (χ1n) is 9.49. The van der Waals surface area contributed by atoms with Gasteiger partial charge in [0.05, 0.1) is 39.0 Å². The third-order valence-corrected chi connectivity index (χ3v) is 5.28. The van der Waals surface area contributed by atoms with E-state index < -0.39 is 0 Å². The maximum absolute atomic E-state index is 12.5. The van der Waals surface area contributed by atoms with Gasteiger partial charge in [-0.3, -0.25) is 14.3 Å². The summed E-state index contributed by atoms with van der Waals surface area (Å²) >= 11 is 0. The maximum Gasteiger partial charge on any atom is 0.227 e. The van der Waals surface area contributed by atoms with E-state index in [4.69, 9.17) is 9.47 Å². The van der Waals surface area contributed by atoms with Gasteiger partial charge in [0.2, 0.25) is 11.8 Å². The third-order valence-electron chi connectivity index (χ3n) is 5.28. The Kier molecular flexibility index (Phi) is 5.29. The van der Waals surface area contributed by atoms with Crippen LogP contribution in [0.1, 0.15) is 17.7 Å². The lowest BCUT2D eigenvalue weighted by molar-refractivity contribution is -0.126. The van der Waals surface area contributed by atoms with Crippen LogP contribution in [0.15, 0.2) is 30.5 Å². The first-order chi connectivity index (χ1) is 13.7. The minimum Gasteiger partial charge on any atom is -0.497 e. The normalized spacial score (nSPS) is 18.8. The topological polar surface area (TPSA) is 85.7 Å². The van der Waals surface area contributed by atoms with E-state index in [1.807, 2.05) is 35.1 Å². The highest BCUT2D eigenvalue weighted by molar-refractivity contribution is 6.00. The molecule has 4 rings (SSSR count). The van der Waals surface area contributed by atoms with Gasteiger partial charge in [0, 0.05) is 42.9 Å². The maximum atomic E-state index is 12.5. The van der Waals surface area contributed by atoms with E-state index >= 15 is 0 Å². The molecule has 2 aliphatic rings. The predicted octanol–water partition coefficient (Wildman–Crippen LogP) is 1.13. The number of aromatic nitrogens is 2. The van der Waals surface area contributed by atoms with E-state index in [2.05, 4.69) is 10.4 Å². The van der Waals surface area contributed by atoms with E-state index in [-0.39, 0.29) is 24.2 Å². The van der Waals surface area contributed by atoms with Crippen LogP contribution in [-0.4, -0.2) is 48.4 Å². The number of fused-ring (bicyclic) bond motifs is 1. The van der Waals surface area contributed by atoms with Crippen molar-refractivity contribution in [3.8, 4) is 5.75 Å². The number of rotatable bonds is 6. The third kappa shape index (κ3) is 3.73. The molecule has 1 unspecified atom stereocenters. The number of nitrogens with zero attached hydrogens (tertiary/aromatic N) is 3. The van der Waals surface area contributed by atoms with Crippen molar-refractivity contribution >= 4 is 17.5 Å². The Morgan fingerprint density at radius 1 is 1.36 bits per heavy atom. The van der Waals surface area contributed by atoms with E-state index in [0.717, 1.165) is 23.4 Å². The minimum atomic E-state index is -0.338. The molecule has 148 valence electrons. The van der Waals surface area contributed by atoms with E-state index in [0.29, 0.717) is 32.8 Å². The molecule has 2 aromatic rings. The number of amides is 2. The first kappa shape index (κ1) is 18.5. The number of carbonyl (C=O) groups is 2. The van der Waals surface area contributed by atoms with Gasteiger partial charge in [0.25, 0.3) is 0 Å². The van der Waals surface area contributed by atoms with Crippen LogP contribution in [0.5, 0.6) is 5.75 Å². The molecule has 0 saturated carbocycles. The van der Waals surface area contributed by atoms with E-state index in [1.54, 1.807) is 12.0 Å². The Morgan fingerprint density at radius 2 is 2.18 bits per heavy atom. The molecule has 0 radical (unpaired) electrons. The Hall–Kier alpha value is -2.87. The Balaban J connectivity index is 1.30. The second kappa shape index (κ2) is 8.02. The number of hydrogen-bond acceptors (Lipinski definition) is 5. The van der Waals surface area contributed by atoms with Crippen molar-refractivity contribution in [1.29, 1.82) is 0 Å². The fourth-order valence-electron chi connectivity index (χ4n) is 3.73. The molecule has 1 fully saturated rings. The van der Waals surface area contributed by atoms with Crippen molar-refractivity contribution in [1.82, 2.24) is 15.1 Å². The fraction of sp³-hybridized carbons (Fsp3) is 0.450. The smallest absolute Gasteiger partial charge is 0.227 e. The average molecular weight is 384 g/mol. The summed E-state index contributed by atoms with van der Waals surface area (Å²) in [5.41, 5.74) is 3.09. The van der Waals surface area contributed by atoms with Gasteiger partial charge in [-0.15, -0.1) is 0 Å². The van der Waals surface area contributed by atoms with Crippen LogP contribution in [-0.2, 0) is 33.9 Å². The first-order valence-corrected chi connectivity index (χ1v) is 9.49. The number of hydrogen-bond donors (Lipinski definition) is 1. The van der Waals surface area contributed by atoms with Crippen molar-refractivity contribution in [2.75, 3.05) is 31.7 Å². The van der Waals surface area contributed by atoms with Gasteiger partial charge in [-0.25, -0.2) is 0 Å². The molecular weight excluding hydrogens is 360 g/mol. The summed E-state index contributed by atoms with van der Waals surface area (Å²) in [6.45, 7) is 2.81. The van der Waals surface area contributed by atoms with Gasteiger partial charge in [-0.1, -0.05) is 0 Å². The number of carbonyl (C=O) groups excluding carboxylic acids is 2. The molecular formula is C20H24N4O4. The second-order valence-corrected chi connectivity index (χ2v) is 7.04. The SMILES string of the molecule is COc1ccc(N2CC(C(=O)NCCn3ncc4c3CCOC4)CC2=O)cc1. The summed E-state index contributed by atoms with van der Waals surface area (Å²) < 4.78 is 12.5. The molecule has 2 aliphatic heterocycles. The largest absolute Gasteiger partial charge is 0.497 e. The van der Waals surface area contributed by atoms with E-state index in [1.165, 1.54) is 5.69 Å². The van der Waals surface area contributed by atoms with Crippen molar-refractivity contribution in [3.63, 3.8) is 0 Å². The zero-order chi connectivity index (χ0) is 19.5. The Labute approximate surface area is 163 Å². The monoisotopic (exact) mass is 384 g/mol. The molecule has 0 aliphatic carbocycles. The number of nitrogens with one attached hydrogen (secondary N) is 1. The molecule has 2 amide bonds. The number of benzene rings is 1. The standard InChI is InChI=1S/C20H24N4O4/c1-27-17-4-2-16(3-5-17)23-12-14(10-19(23)25)20(26)21-7-8-24-18-6-9-28-13-15(18)11-22-24/h2-5,11,14H,6-10,12-13H2,1H3,(H,21,26). The van der Waals surface area contributed by atoms with Crippen LogP contribution in [0.3, 0.4) is 0 Å². The molecule has 1 aromatic heterocycles. The molecule has 1 saturated heterocycles. The number of methoxy groups -OCH3 is 1. The quantitative estimate of drug-likeness (QED) is 0.807. The van der Waals surface area contributed by atoms with Gasteiger partial charge in [-0.2, -0.15) is 5.10 Å². The van der Waals surface area contributed by atoms with Gasteiger partial charge in [0.1, 0.15) is 5.75 Å². The molecule has 0 bridgehead atoms. The molecule has 3 heterocycles. The van der Waals surface area contributed by atoms with Gasteiger partial charge in [-0.05, 0) is 24.3 Å².